The number of phosphoric acid groups is 1. The Labute approximate surface area is 263 Å². The number of carbonyl (C=O) groups excluding carboxylic acids is 2. The third-order valence-electron chi connectivity index (χ3n) is 7.04. The van der Waals surface area contributed by atoms with Crippen LogP contribution in [0.1, 0.15) is 136 Å². The average Bonchev–Trinajstić information content (AvgIpc) is 2.93. The van der Waals surface area contributed by atoms with Gasteiger partial charge in [-0.25, -0.2) is 0 Å². The standard InChI is InChI=1S/C33H64NO8P/c1-6-8-10-12-14-15-16-17-18-20-21-23-25-32(35)39-29-31(30-41-43(37,38)40-28-27-34(3,4)5)42-33(36)26-24-22-19-13-11-9-7-2/h14-15,31H,6-13,16-30H2,1-5H3/b15-14+/t31-/m0/s1. The number of likely N-dealkylation sites (N-methyl/N-ethyl adjacent to an activating group) is 1. The minimum absolute atomic E-state index is 0.0300. The maximum Gasteiger partial charge on any atom is 0.306 e. The molecule has 0 amide bonds. The van der Waals surface area contributed by atoms with E-state index in [4.69, 9.17) is 18.5 Å². The third kappa shape index (κ3) is 30.6. The summed E-state index contributed by atoms with van der Waals surface area (Å²) in [5.41, 5.74) is 0. The van der Waals surface area contributed by atoms with Gasteiger partial charge in [-0.3, -0.25) is 14.2 Å². The van der Waals surface area contributed by atoms with Crippen LogP contribution in [0.5, 0.6) is 0 Å². The van der Waals surface area contributed by atoms with Crippen LogP contribution in [0.2, 0.25) is 0 Å². The maximum absolute atomic E-state index is 12.4. The van der Waals surface area contributed by atoms with Gasteiger partial charge in [-0.15, -0.1) is 0 Å². The van der Waals surface area contributed by atoms with Crippen LogP contribution >= 0.6 is 7.82 Å². The summed E-state index contributed by atoms with van der Waals surface area (Å²) in [5.74, 6) is -0.853. The van der Waals surface area contributed by atoms with Gasteiger partial charge in [0.15, 0.2) is 6.10 Å². The first-order chi connectivity index (χ1) is 20.5. The lowest BCUT2D eigenvalue weighted by Crippen LogP contribution is -2.37. The Balaban J connectivity index is 4.47. The van der Waals surface area contributed by atoms with E-state index < -0.39 is 32.5 Å². The second-order valence-electron chi connectivity index (χ2n) is 12.5. The Morgan fingerprint density at radius 3 is 1.77 bits per heavy atom. The van der Waals surface area contributed by atoms with Gasteiger partial charge in [-0.05, 0) is 38.5 Å². The van der Waals surface area contributed by atoms with Gasteiger partial charge in [0.05, 0.1) is 27.7 Å². The number of esters is 2. The van der Waals surface area contributed by atoms with E-state index >= 15 is 0 Å². The fourth-order valence-corrected chi connectivity index (χ4v) is 5.02. The van der Waals surface area contributed by atoms with Gasteiger partial charge in [0, 0.05) is 12.8 Å². The van der Waals surface area contributed by atoms with E-state index in [0.29, 0.717) is 17.4 Å². The number of hydrogen-bond acceptors (Lipinski definition) is 8. The third-order valence-corrected chi connectivity index (χ3v) is 8.00. The van der Waals surface area contributed by atoms with Crippen LogP contribution in [0.4, 0.5) is 0 Å². The van der Waals surface area contributed by atoms with Gasteiger partial charge in [-0.2, -0.15) is 0 Å². The van der Waals surface area contributed by atoms with Gasteiger partial charge >= 0.3 is 11.9 Å². The van der Waals surface area contributed by atoms with Gasteiger partial charge < -0.3 is 27.9 Å². The Morgan fingerprint density at radius 1 is 0.698 bits per heavy atom. The van der Waals surface area contributed by atoms with Crippen LogP contribution in [0.3, 0.4) is 0 Å². The molecule has 254 valence electrons. The summed E-state index contributed by atoms with van der Waals surface area (Å²) in [6.07, 6.45) is 22.6. The summed E-state index contributed by atoms with van der Waals surface area (Å²) in [7, 11) is 1.16. The highest BCUT2D eigenvalue weighted by Crippen LogP contribution is 2.38. The molecule has 0 fully saturated rings. The summed E-state index contributed by atoms with van der Waals surface area (Å²) >= 11 is 0. The lowest BCUT2D eigenvalue weighted by molar-refractivity contribution is -0.870. The van der Waals surface area contributed by atoms with E-state index in [2.05, 4.69) is 26.0 Å². The number of carbonyl (C=O) groups is 2. The normalized spacial score (nSPS) is 14.1. The summed E-state index contributed by atoms with van der Waals surface area (Å²) in [4.78, 5) is 37.0. The molecule has 0 heterocycles. The molecule has 2 atom stereocenters. The van der Waals surface area contributed by atoms with E-state index in [1.165, 1.54) is 44.9 Å². The molecule has 0 aromatic carbocycles. The van der Waals surface area contributed by atoms with Crippen molar-refractivity contribution in [3.05, 3.63) is 12.2 Å². The lowest BCUT2D eigenvalue weighted by Gasteiger charge is -2.28. The van der Waals surface area contributed by atoms with Crippen LogP contribution in [-0.4, -0.2) is 70.0 Å². The van der Waals surface area contributed by atoms with Crippen LogP contribution < -0.4 is 4.89 Å². The number of rotatable bonds is 30. The van der Waals surface area contributed by atoms with Crippen molar-refractivity contribution in [1.82, 2.24) is 0 Å². The average molecular weight is 634 g/mol. The molecule has 0 aliphatic heterocycles. The zero-order chi connectivity index (χ0) is 32.2. The zero-order valence-electron chi connectivity index (χ0n) is 28.2. The predicted octanol–water partition coefficient (Wildman–Crippen LogP) is 7.66. The Hall–Kier alpha value is -1.25. The van der Waals surface area contributed by atoms with Crippen LogP contribution in [0.25, 0.3) is 0 Å². The SMILES string of the molecule is CCCCC/C=C/CCCCCCCC(=O)OC[C@@H](COP(=O)([O-])OCC[N+](C)(C)C)OC(=O)CCCCCCCCC. The number of nitrogens with zero attached hydrogens (tertiary/aromatic N) is 1. The number of ether oxygens (including phenoxy) is 2. The quantitative estimate of drug-likeness (QED) is 0.0261. The maximum atomic E-state index is 12.4. The summed E-state index contributed by atoms with van der Waals surface area (Å²) in [6.45, 7) is 4.11. The molecule has 1 unspecified atom stereocenters. The highest BCUT2D eigenvalue weighted by atomic mass is 31.2. The van der Waals surface area contributed by atoms with E-state index in [0.717, 1.165) is 57.8 Å². The molecule has 0 radical (unpaired) electrons. The number of allylic oxidation sites excluding steroid dienone is 2. The van der Waals surface area contributed by atoms with Crippen LogP contribution in [-0.2, 0) is 32.7 Å². The number of unbranched alkanes of at least 4 members (excludes halogenated alkanes) is 14. The zero-order valence-corrected chi connectivity index (χ0v) is 29.1. The first-order valence-electron chi connectivity index (χ1n) is 16.9. The van der Waals surface area contributed by atoms with Gasteiger partial charge in [0.25, 0.3) is 7.82 Å². The highest BCUT2D eigenvalue weighted by Gasteiger charge is 2.21. The van der Waals surface area contributed by atoms with Crippen LogP contribution in [0, 0.1) is 0 Å². The Morgan fingerprint density at radius 2 is 1.19 bits per heavy atom. The predicted molar refractivity (Wildman–Crippen MR) is 171 cm³/mol. The van der Waals surface area contributed by atoms with Crippen molar-refractivity contribution < 1.29 is 42.1 Å². The molecule has 0 aromatic rings. The van der Waals surface area contributed by atoms with E-state index in [-0.39, 0.29) is 26.1 Å². The monoisotopic (exact) mass is 633 g/mol. The molecule has 9 nitrogen and oxygen atoms in total. The van der Waals surface area contributed by atoms with Crippen molar-refractivity contribution in [3.8, 4) is 0 Å². The molecule has 0 aliphatic carbocycles. The van der Waals surface area contributed by atoms with Crippen molar-refractivity contribution in [2.45, 2.75) is 142 Å². The molecular formula is C33H64NO8P. The fraction of sp³-hybridized carbons (Fsp3) is 0.879. The van der Waals surface area contributed by atoms with Crippen molar-refractivity contribution >= 4 is 19.8 Å². The molecule has 0 aromatic heterocycles. The molecular weight excluding hydrogens is 569 g/mol. The van der Waals surface area contributed by atoms with Crippen molar-refractivity contribution in [2.24, 2.45) is 0 Å². The molecule has 10 heteroatoms. The number of quaternary nitrogens is 1. The van der Waals surface area contributed by atoms with Gasteiger partial charge in [-0.1, -0.05) is 96.6 Å². The fourth-order valence-electron chi connectivity index (χ4n) is 4.29. The number of phosphoric ester groups is 1. The smallest absolute Gasteiger partial charge is 0.306 e. The van der Waals surface area contributed by atoms with E-state index in [9.17, 15) is 19.0 Å². The minimum Gasteiger partial charge on any atom is -0.756 e. The molecule has 0 spiro atoms. The summed E-state index contributed by atoms with van der Waals surface area (Å²) < 4.78 is 33.5. The van der Waals surface area contributed by atoms with Gasteiger partial charge in [0.1, 0.15) is 19.8 Å². The summed E-state index contributed by atoms with van der Waals surface area (Å²) in [5, 5.41) is 0. The van der Waals surface area contributed by atoms with Crippen LogP contribution in [0.15, 0.2) is 12.2 Å². The Bertz CT molecular complexity index is 768. The molecule has 0 saturated carbocycles. The van der Waals surface area contributed by atoms with Crippen molar-refractivity contribution in [3.63, 3.8) is 0 Å². The molecule has 0 saturated heterocycles. The van der Waals surface area contributed by atoms with Gasteiger partial charge in [0.2, 0.25) is 0 Å². The largest absolute Gasteiger partial charge is 0.756 e. The van der Waals surface area contributed by atoms with E-state index in [1.807, 2.05) is 21.1 Å². The molecule has 0 N–H and O–H groups in total. The Kier molecular flexibility index (Phi) is 26.3. The van der Waals surface area contributed by atoms with Crippen molar-refractivity contribution in [2.75, 3.05) is 47.5 Å². The molecule has 0 rings (SSSR count). The molecule has 0 bridgehead atoms. The first kappa shape index (κ1) is 41.8. The summed E-state index contributed by atoms with van der Waals surface area (Å²) in [6, 6.07) is 0. The molecule has 43 heavy (non-hydrogen) atoms. The van der Waals surface area contributed by atoms with Crippen molar-refractivity contribution in [1.29, 1.82) is 0 Å². The number of hydrogen-bond donors (Lipinski definition) is 0. The first-order valence-corrected chi connectivity index (χ1v) is 18.4. The second kappa shape index (κ2) is 27.1. The highest BCUT2D eigenvalue weighted by molar-refractivity contribution is 7.45. The van der Waals surface area contributed by atoms with E-state index in [1.54, 1.807) is 0 Å². The lowest BCUT2D eigenvalue weighted by atomic mass is 10.1. The second-order valence-corrected chi connectivity index (χ2v) is 13.9. The molecule has 0 aliphatic rings. The minimum atomic E-state index is -4.60. The topological polar surface area (TPSA) is 111 Å².